The van der Waals surface area contributed by atoms with Crippen LogP contribution in [0.4, 0.5) is 0 Å². The molecule has 0 aliphatic heterocycles. The Kier molecular flexibility index (Phi) is 7.03. The van der Waals surface area contributed by atoms with Crippen molar-refractivity contribution in [1.29, 1.82) is 0 Å². The summed E-state index contributed by atoms with van der Waals surface area (Å²) < 4.78 is 6.96. The Hall–Kier alpha value is -7.41. The Morgan fingerprint density at radius 2 is 0.912 bits per heavy atom. The second-order valence-corrected chi connectivity index (χ2v) is 15.5. The maximum Gasteiger partial charge on any atom is 0.238 e. The molecule has 0 spiro atoms. The van der Waals surface area contributed by atoms with Gasteiger partial charge in [0.1, 0.15) is 0 Å². The third-order valence-corrected chi connectivity index (χ3v) is 12.4. The van der Waals surface area contributed by atoms with Gasteiger partial charge in [-0.1, -0.05) is 133 Å². The van der Waals surface area contributed by atoms with Crippen molar-refractivity contribution in [2.24, 2.45) is 0 Å². The van der Waals surface area contributed by atoms with Crippen LogP contribution in [-0.2, 0) is 0 Å². The maximum atomic E-state index is 5.31. The Balaban J connectivity index is 1.08. The van der Waals surface area contributed by atoms with E-state index in [2.05, 4.69) is 197 Å². The second kappa shape index (κ2) is 12.6. The molecule has 57 heavy (non-hydrogen) atoms. The molecule has 0 amide bonds. The summed E-state index contributed by atoms with van der Waals surface area (Å²) in [6.45, 7) is 0. The number of nitrogens with zero attached hydrogens (tertiary/aromatic N) is 5. The summed E-state index contributed by atoms with van der Waals surface area (Å²) in [7, 11) is 0. The minimum atomic E-state index is 0.588. The molecule has 0 unspecified atom stereocenters. The first-order valence-corrected chi connectivity index (χ1v) is 19.9. The minimum absolute atomic E-state index is 0.588. The van der Waals surface area contributed by atoms with E-state index in [0.717, 1.165) is 55.3 Å². The molecule has 4 heterocycles. The van der Waals surface area contributed by atoms with E-state index in [1.54, 1.807) is 11.3 Å². The van der Waals surface area contributed by atoms with Crippen LogP contribution in [0, 0.1) is 0 Å². The SMILES string of the molecule is c1ccc(-n2c3ccccc3c3ccc(-c4cccc(-c5nc(-c6cccc7c6sc6ccccc67)nc(-n6c7ccccc7c7ccccc76)n5)c4)cc32)cc1. The van der Waals surface area contributed by atoms with Crippen LogP contribution in [0.3, 0.4) is 0 Å². The van der Waals surface area contributed by atoms with E-state index in [4.69, 9.17) is 15.0 Å². The van der Waals surface area contributed by atoms with Crippen LogP contribution < -0.4 is 0 Å². The molecule has 0 fully saturated rings. The van der Waals surface area contributed by atoms with Crippen molar-refractivity contribution in [3.63, 3.8) is 0 Å². The highest BCUT2D eigenvalue weighted by atomic mass is 32.1. The van der Waals surface area contributed by atoms with E-state index >= 15 is 0 Å². The summed E-state index contributed by atoms with van der Waals surface area (Å²) in [5, 5.41) is 7.23. The average Bonchev–Trinajstić information content (AvgIpc) is 3.94. The average molecular weight is 746 g/mol. The van der Waals surface area contributed by atoms with Gasteiger partial charge in [0.2, 0.25) is 5.95 Å². The molecular weight excluding hydrogens is 715 g/mol. The Labute approximate surface area is 331 Å². The van der Waals surface area contributed by atoms with Crippen molar-refractivity contribution in [3.8, 4) is 45.5 Å². The normalized spacial score (nSPS) is 11.9. The van der Waals surface area contributed by atoms with Crippen LogP contribution >= 0.6 is 11.3 Å². The fourth-order valence-corrected chi connectivity index (χ4v) is 9.83. The molecule has 0 N–H and O–H groups in total. The molecule has 0 atom stereocenters. The van der Waals surface area contributed by atoms with Gasteiger partial charge in [0.05, 0.1) is 22.1 Å². The molecule has 0 aliphatic carbocycles. The van der Waals surface area contributed by atoms with Gasteiger partial charge in [-0.05, 0) is 65.7 Å². The van der Waals surface area contributed by atoms with E-state index in [1.165, 1.54) is 36.5 Å². The monoisotopic (exact) mass is 745 g/mol. The molecule has 12 rings (SSSR count). The van der Waals surface area contributed by atoms with Gasteiger partial charge in [-0.2, -0.15) is 9.97 Å². The minimum Gasteiger partial charge on any atom is -0.309 e. The van der Waals surface area contributed by atoms with Crippen LogP contribution in [0.15, 0.2) is 188 Å². The van der Waals surface area contributed by atoms with Crippen LogP contribution in [0.5, 0.6) is 0 Å². The first-order valence-electron chi connectivity index (χ1n) is 19.1. The van der Waals surface area contributed by atoms with Crippen molar-refractivity contribution in [2.75, 3.05) is 0 Å². The van der Waals surface area contributed by atoms with E-state index in [1.807, 2.05) is 0 Å². The maximum absolute atomic E-state index is 5.31. The number of thiophene rings is 1. The van der Waals surface area contributed by atoms with Crippen LogP contribution in [0.25, 0.3) is 109 Å². The number of benzene rings is 8. The molecule has 0 aliphatic rings. The van der Waals surface area contributed by atoms with Gasteiger partial charge in [-0.3, -0.25) is 4.57 Å². The molecular formula is C51H31N5S. The van der Waals surface area contributed by atoms with Gasteiger partial charge < -0.3 is 4.57 Å². The zero-order chi connectivity index (χ0) is 37.5. The highest BCUT2D eigenvalue weighted by Crippen LogP contribution is 2.41. The first-order chi connectivity index (χ1) is 28.3. The zero-order valence-corrected chi connectivity index (χ0v) is 31.4. The molecule has 0 saturated heterocycles. The zero-order valence-electron chi connectivity index (χ0n) is 30.5. The van der Waals surface area contributed by atoms with Crippen molar-refractivity contribution in [2.45, 2.75) is 0 Å². The summed E-state index contributed by atoms with van der Waals surface area (Å²) in [6.07, 6.45) is 0. The number of para-hydroxylation sites is 4. The van der Waals surface area contributed by atoms with E-state index in [0.29, 0.717) is 17.6 Å². The summed E-state index contributed by atoms with van der Waals surface area (Å²) >= 11 is 1.79. The molecule has 5 nitrogen and oxygen atoms in total. The van der Waals surface area contributed by atoms with Gasteiger partial charge in [-0.25, -0.2) is 4.98 Å². The fourth-order valence-electron chi connectivity index (χ4n) is 8.62. The molecule has 8 aromatic carbocycles. The van der Waals surface area contributed by atoms with Crippen molar-refractivity contribution >= 4 is 75.1 Å². The summed E-state index contributed by atoms with van der Waals surface area (Å²) in [6, 6.07) is 66.7. The van der Waals surface area contributed by atoms with Crippen LogP contribution in [0.2, 0.25) is 0 Å². The van der Waals surface area contributed by atoms with Gasteiger partial charge in [0.15, 0.2) is 11.6 Å². The summed E-state index contributed by atoms with van der Waals surface area (Å²) in [4.78, 5) is 15.9. The molecule has 4 aromatic heterocycles. The van der Waals surface area contributed by atoms with Gasteiger partial charge >= 0.3 is 0 Å². The molecule has 6 heteroatoms. The molecule has 0 saturated carbocycles. The number of aromatic nitrogens is 5. The lowest BCUT2D eigenvalue weighted by atomic mass is 10.0. The van der Waals surface area contributed by atoms with Crippen molar-refractivity contribution in [1.82, 2.24) is 24.1 Å². The lowest BCUT2D eigenvalue weighted by molar-refractivity contribution is 0.954. The highest BCUT2D eigenvalue weighted by molar-refractivity contribution is 7.26. The number of hydrogen-bond donors (Lipinski definition) is 0. The van der Waals surface area contributed by atoms with Gasteiger partial charge in [0, 0.05) is 58.5 Å². The Morgan fingerprint density at radius 1 is 0.351 bits per heavy atom. The van der Waals surface area contributed by atoms with E-state index in [9.17, 15) is 0 Å². The van der Waals surface area contributed by atoms with Crippen molar-refractivity contribution < 1.29 is 0 Å². The fraction of sp³-hybridized carbons (Fsp3) is 0. The Morgan fingerprint density at radius 3 is 1.67 bits per heavy atom. The van der Waals surface area contributed by atoms with Crippen LogP contribution in [0.1, 0.15) is 0 Å². The largest absolute Gasteiger partial charge is 0.309 e. The molecule has 266 valence electrons. The number of hydrogen-bond acceptors (Lipinski definition) is 4. The highest BCUT2D eigenvalue weighted by Gasteiger charge is 2.20. The third kappa shape index (κ3) is 4.98. The second-order valence-electron chi connectivity index (χ2n) is 14.4. The molecule has 0 bridgehead atoms. The Bertz CT molecular complexity index is 3490. The third-order valence-electron chi connectivity index (χ3n) is 11.2. The van der Waals surface area contributed by atoms with Gasteiger partial charge in [-0.15, -0.1) is 11.3 Å². The molecule has 0 radical (unpaired) electrons. The number of rotatable bonds is 5. The standard InChI is InChI=1S/C51H31N5S/c1-2-16-35(17-3-1)55-43-24-8-4-20-38(43)39-29-28-33(31-46(39)55)32-14-12-15-34(30-32)49-52-50(42-23-13-22-41-40-21-7-11-27-47(40)57-48(41)42)54-51(53-49)56-44-25-9-5-18-36(44)37-19-6-10-26-45(37)56/h1-31H. The van der Waals surface area contributed by atoms with Crippen molar-refractivity contribution in [3.05, 3.63) is 188 Å². The summed E-state index contributed by atoms with van der Waals surface area (Å²) in [5.74, 6) is 1.86. The smallest absolute Gasteiger partial charge is 0.238 e. The number of fused-ring (bicyclic) bond motifs is 9. The predicted molar refractivity (Wildman–Crippen MR) is 238 cm³/mol. The lowest BCUT2D eigenvalue weighted by Gasteiger charge is -2.12. The topological polar surface area (TPSA) is 48.5 Å². The lowest BCUT2D eigenvalue weighted by Crippen LogP contribution is -2.06. The van der Waals surface area contributed by atoms with Gasteiger partial charge in [0.25, 0.3) is 0 Å². The first kappa shape index (κ1) is 31.9. The van der Waals surface area contributed by atoms with E-state index < -0.39 is 0 Å². The van der Waals surface area contributed by atoms with E-state index in [-0.39, 0.29) is 0 Å². The van der Waals surface area contributed by atoms with Crippen LogP contribution in [-0.4, -0.2) is 24.1 Å². The predicted octanol–water partition coefficient (Wildman–Crippen LogP) is 13.4. The quantitative estimate of drug-likeness (QED) is 0.176. The molecule has 12 aromatic rings. The summed E-state index contributed by atoms with van der Waals surface area (Å²) in [5.41, 5.74) is 9.73.